The molecule has 0 atom stereocenters. The van der Waals surface area contributed by atoms with Crippen LogP contribution in [0.2, 0.25) is 0 Å². The van der Waals surface area contributed by atoms with Crippen LogP contribution in [0.4, 0.5) is 5.82 Å². The van der Waals surface area contributed by atoms with Crippen LogP contribution in [0.5, 0.6) is 0 Å². The fraction of sp³-hybridized carbons (Fsp3) is 0.444. The maximum absolute atomic E-state index is 12.4. The lowest BCUT2D eigenvalue weighted by Crippen LogP contribution is -2.43. The summed E-state index contributed by atoms with van der Waals surface area (Å²) >= 11 is 5.41. The molecule has 2 aliphatic rings. The molecule has 4 rings (SSSR count). The van der Waals surface area contributed by atoms with Gasteiger partial charge in [0.1, 0.15) is 5.82 Å². The topological polar surface area (TPSA) is 53.1 Å². The van der Waals surface area contributed by atoms with E-state index in [9.17, 15) is 4.79 Å². The van der Waals surface area contributed by atoms with Crippen molar-refractivity contribution in [2.24, 2.45) is 0 Å². The van der Waals surface area contributed by atoms with E-state index in [0.717, 1.165) is 18.1 Å². The predicted octanol–water partition coefficient (Wildman–Crippen LogP) is 3.08. The summed E-state index contributed by atoms with van der Waals surface area (Å²) in [4.78, 5) is 17.7. The Morgan fingerprint density at radius 3 is 2.67 bits per heavy atom. The van der Waals surface area contributed by atoms with Crippen molar-refractivity contribution in [3.8, 4) is 0 Å². The van der Waals surface area contributed by atoms with Gasteiger partial charge in [-0.2, -0.15) is 0 Å². The van der Waals surface area contributed by atoms with Gasteiger partial charge in [0.25, 0.3) is 5.56 Å². The van der Waals surface area contributed by atoms with E-state index < -0.39 is 0 Å². The smallest absolute Gasteiger partial charge is 0.258 e. The number of nitrogens with one attached hydrogen (secondary N) is 2. The van der Waals surface area contributed by atoms with Gasteiger partial charge >= 0.3 is 0 Å². The second-order valence-corrected chi connectivity index (χ2v) is 7.06. The lowest BCUT2D eigenvalue weighted by Gasteiger charge is -2.35. The highest BCUT2D eigenvalue weighted by atomic mass is 32.1. The summed E-state index contributed by atoms with van der Waals surface area (Å²) in [7, 11) is 0. The fourth-order valence-corrected chi connectivity index (χ4v) is 4.09. The molecule has 0 unspecified atom stereocenters. The van der Waals surface area contributed by atoms with Crippen molar-refractivity contribution in [1.82, 2.24) is 14.5 Å². The molecule has 6 heteroatoms. The van der Waals surface area contributed by atoms with Crippen LogP contribution in [0.1, 0.15) is 36.8 Å². The number of aromatic nitrogens is 2. The van der Waals surface area contributed by atoms with Crippen LogP contribution in [-0.4, -0.2) is 27.2 Å². The molecule has 0 radical (unpaired) electrons. The molecule has 1 aromatic carbocycles. The first kappa shape index (κ1) is 15.6. The molecule has 1 saturated carbocycles. The van der Waals surface area contributed by atoms with Crippen LogP contribution in [0.25, 0.3) is 0 Å². The number of hydrogen-bond donors (Lipinski definition) is 2. The Balaban J connectivity index is 1.69. The van der Waals surface area contributed by atoms with Crippen molar-refractivity contribution in [2.75, 3.05) is 12.0 Å². The molecule has 0 saturated heterocycles. The highest BCUT2D eigenvalue weighted by Crippen LogP contribution is 2.28. The summed E-state index contributed by atoms with van der Waals surface area (Å²) in [5.74, 6) is 0.877. The zero-order chi connectivity index (χ0) is 16.5. The number of aromatic amines is 1. The molecule has 2 aromatic rings. The molecule has 2 heterocycles. The zero-order valence-corrected chi connectivity index (χ0v) is 14.4. The number of H-pyrrole nitrogens is 1. The third kappa shape index (κ3) is 2.91. The first-order chi connectivity index (χ1) is 11.7. The second kappa shape index (κ2) is 6.53. The van der Waals surface area contributed by atoms with Gasteiger partial charge < -0.3 is 9.88 Å². The predicted molar refractivity (Wildman–Crippen MR) is 97.7 cm³/mol. The Bertz CT molecular complexity index is 836. The molecule has 1 aromatic heterocycles. The molecular formula is C18H22N4OS. The van der Waals surface area contributed by atoms with E-state index in [1.54, 1.807) is 0 Å². The van der Waals surface area contributed by atoms with Gasteiger partial charge in [-0.15, -0.1) is 0 Å². The Morgan fingerprint density at radius 2 is 1.92 bits per heavy atom. The van der Waals surface area contributed by atoms with Crippen molar-refractivity contribution in [1.29, 1.82) is 0 Å². The first-order valence-corrected chi connectivity index (χ1v) is 9.01. The molecule has 24 heavy (non-hydrogen) atoms. The van der Waals surface area contributed by atoms with Gasteiger partial charge in [0.15, 0.2) is 4.77 Å². The number of fused-ring (bicyclic) bond motifs is 1. The van der Waals surface area contributed by atoms with Gasteiger partial charge in [-0.3, -0.25) is 14.7 Å². The average molecular weight is 342 g/mol. The van der Waals surface area contributed by atoms with Crippen LogP contribution in [-0.2, 0) is 13.1 Å². The summed E-state index contributed by atoms with van der Waals surface area (Å²) in [5.41, 5.74) is 1.91. The normalized spacial score (nSPS) is 18.3. The van der Waals surface area contributed by atoms with Crippen molar-refractivity contribution < 1.29 is 0 Å². The van der Waals surface area contributed by atoms with Crippen LogP contribution < -0.4 is 10.9 Å². The van der Waals surface area contributed by atoms with Crippen molar-refractivity contribution in [3.05, 3.63) is 56.6 Å². The third-order valence-corrected chi connectivity index (χ3v) is 5.45. The third-order valence-electron chi connectivity index (χ3n) is 5.13. The molecule has 0 bridgehead atoms. The van der Waals surface area contributed by atoms with Gasteiger partial charge in [-0.05, 0) is 30.6 Å². The van der Waals surface area contributed by atoms with E-state index in [4.69, 9.17) is 12.2 Å². The molecule has 0 spiro atoms. The quantitative estimate of drug-likeness (QED) is 0.842. The molecule has 1 aliphatic carbocycles. The van der Waals surface area contributed by atoms with Crippen LogP contribution in [0, 0.1) is 4.77 Å². The Hall–Kier alpha value is -1.92. The maximum Gasteiger partial charge on any atom is 0.258 e. The SMILES string of the molecule is O=c1[nH]c(=S)n(Cc2ccccc2)c2c1CN(C1CCCC1)CN2. The lowest BCUT2D eigenvalue weighted by molar-refractivity contribution is 0.194. The van der Waals surface area contributed by atoms with Crippen LogP contribution in [0.3, 0.4) is 0 Å². The van der Waals surface area contributed by atoms with Crippen LogP contribution in [0.15, 0.2) is 35.1 Å². The number of nitrogens with zero attached hydrogens (tertiary/aromatic N) is 2. The first-order valence-electron chi connectivity index (χ1n) is 8.60. The lowest BCUT2D eigenvalue weighted by atomic mass is 10.1. The molecule has 126 valence electrons. The van der Waals surface area contributed by atoms with E-state index in [2.05, 4.69) is 27.3 Å². The number of benzene rings is 1. The molecule has 5 nitrogen and oxygen atoms in total. The van der Waals surface area contributed by atoms with Gasteiger partial charge in [-0.1, -0.05) is 43.2 Å². The van der Waals surface area contributed by atoms with Crippen molar-refractivity contribution >= 4 is 18.0 Å². The second-order valence-electron chi connectivity index (χ2n) is 6.68. The van der Waals surface area contributed by atoms with Gasteiger partial charge in [-0.25, -0.2) is 0 Å². The van der Waals surface area contributed by atoms with Gasteiger partial charge in [0.05, 0.1) is 18.8 Å². The summed E-state index contributed by atoms with van der Waals surface area (Å²) in [6, 6.07) is 10.8. The highest BCUT2D eigenvalue weighted by Gasteiger charge is 2.28. The van der Waals surface area contributed by atoms with E-state index in [0.29, 0.717) is 23.9 Å². The Morgan fingerprint density at radius 1 is 1.17 bits per heavy atom. The average Bonchev–Trinajstić information content (AvgIpc) is 3.14. The molecule has 1 fully saturated rings. The fourth-order valence-electron chi connectivity index (χ4n) is 3.84. The number of anilines is 1. The monoisotopic (exact) mass is 342 g/mol. The Kier molecular flexibility index (Phi) is 4.24. The minimum atomic E-state index is -0.0606. The summed E-state index contributed by atoms with van der Waals surface area (Å²) in [5, 5.41) is 3.46. The molecule has 0 amide bonds. The van der Waals surface area contributed by atoms with Crippen LogP contribution >= 0.6 is 12.2 Å². The minimum absolute atomic E-state index is 0.0606. The van der Waals surface area contributed by atoms with Gasteiger partial charge in [0, 0.05) is 12.6 Å². The van der Waals surface area contributed by atoms with E-state index in [1.807, 2.05) is 22.8 Å². The zero-order valence-electron chi connectivity index (χ0n) is 13.6. The van der Waals surface area contributed by atoms with Crippen molar-refractivity contribution in [2.45, 2.75) is 44.8 Å². The molecule has 1 aliphatic heterocycles. The minimum Gasteiger partial charge on any atom is -0.358 e. The number of rotatable bonds is 3. The summed E-state index contributed by atoms with van der Waals surface area (Å²) < 4.78 is 2.48. The van der Waals surface area contributed by atoms with Crippen molar-refractivity contribution in [3.63, 3.8) is 0 Å². The number of hydrogen-bond acceptors (Lipinski definition) is 4. The maximum atomic E-state index is 12.4. The highest BCUT2D eigenvalue weighted by molar-refractivity contribution is 7.71. The molecular weight excluding hydrogens is 320 g/mol. The van der Waals surface area contributed by atoms with E-state index in [-0.39, 0.29) is 5.56 Å². The van der Waals surface area contributed by atoms with E-state index in [1.165, 1.54) is 31.2 Å². The van der Waals surface area contributed by atoms with Gasteiger partial charge in [0.2, 0.25) is 0 Å². The molecule has 2 N–H and O–H groups in total. The Labute approximate surface area is 146 Å². The summed E-state index contributed by atoms with van der Waals surface area (Å²) in [6.07, 6.45) is 5.06. The largest absolute Gasteiger partial charge is 0.358 e. The summed E-state index contributed by atoms with van der Waals surface area (Å²) in [6.45, 7) is 2.15. The standard InChI is InChI=1S/C18H22N4OS/c23-17-15-11-21(14-8-4-5-9-14)12-19-16(15)22(18(24)20-17)10-13-6-2-1-3-7-13/h1-3,6-7,14,19H,4-5,8-12H2,(H,20,23,24). The van der Waals surface area contributed by atoms with E-state index >= 15 is 0 Å².